The van der Waals surface area contributed by atoms with E-state index in [4.69, 9.17) is 9.47 Å². The summed E-state index contributed by atoms with van der Waals surface area (Å²) in [7, 11) is 0. The Morgan fingerprint density at radius 2 is 1.36 bits per heavy atom. The standard InChI is InChI=1S/C17H19N3O2/c1-4-21-15(10-19)13-7-6-8-14(16(11-20)22-5-2)17(13)12(3)9-18/h6-8,12,15-16H,4-5H2,1-3H3. The first-order valence-corrected chi connectivity index (χ1v) is 7.19. The van der Waals surface area contributed by atoms with Crippen molar-refractivity contribution in [3.05, 3.63) is 34.9 Å². The molecule has 0 heterocycles. The summed E-state index contributed by atoms with van der Waals surface area (Å²) in [5, 5.41) is 28.0. The first kappa shape index (κ1) is 17.7. The molecule has 1 aromatic rings. The van der Waals surface area contributed by atoms with E-state index in [0.717, 1.165) is 0 Å². The molecular formula is C17H19N3O2. The fourth-order valence-electron chi connectivity index (χ4n) is 2.35. The Bertz CT molecular complexity index is 580. The molecule has 3 atom stereocenters. The van der Waals surface area contributed by atoms with Crippen LogP contribution in [0.5, 0.6) is 0 Å². The Kier molecular flexibility index (Phi) is 7.06. The van der Waals surface area contributed by atoms with Crippen LogP contribution in [0.25, 0.3) is 0 Å². The number of nitriles is 3. The Morgan fingerprint density at radius 1 is 0.909 bits per heavy atom. The molecular weight excluding hydrogens is 278 g/mol. The number of nitrogens with zero attached hydrogens (tertiary/aromatic N) is 3. The molecule has 1 rings (SSSR count). The lowest BCUT2D eigenvalue weighted by Crippen LogP contribution is -2.13. The molecule has 0 amide bonds. The summed E-state index contributed by atoms with van der Waals surface area (Å²) >= 11 is 0. The van der Waals surface area contributed by atoms with Gasteiger partial charge in [0.15, 0.2) is 12.2 Å². The summed E-state index contributed by atoms with van der Waals surface area (Å²) in [6.07, 6.45) is -1.53. The molecule has 3 unspecified atom stereocenters. The van der Waals surface area contributed by atoms with Crippen LogP contribution in [0, 0.1) is 34.0 Å². The molecule has 0 N–H and O–H groups in total. The molecule has 0 spiro atoms. The zero-order valence-electron chi connectivity index (χ0n) is 13.0. The molecule has 0 fully saturated rings. The summed E-state index contributed by atoms with van der Waals surface area (Å²) in [4.78, 5) is 0. The zero-order chi connectivity index (χ0) is 16.5. The molecule has 0 saturated heterocycles. The van der Waals surface area contributed by atoms with E-state index >= 15 is 0 Å². The maximum atomic E-state index is 9.33. The van der Waals surface area contributed by atoms with Crippen molar-refractivity contribution in [3.63, 3.8) is 0 Å². The van der Waals surface area contributed by atoms with E-state index in [1.54, 1.807) is 39.0 Å². The summed E-state index contributed by atoms with van der Waals surface area (Å²) < 4.78 is 10.9. The van der Waals surface area contributed by atoms with Gasteiger partial charge in [-0.15, -0.1) is 0 Å². The van der Waals surface area contributed by atoms with E-state index in [1.807, 2.05) is 0 Å². The monoisotopic (exact) mass is 297 g/mol. The van der Waals surface area contributed by atoms with Crippen LogP contribution in [0.15, 0.2) is 18.2 Å². The predicted molar refractivity (Wildman–Crippen MR) is 80.4 cm³/mol. The molecule has 0 bridgehead atoms. The SMILES string of the molecule is CCOC(C#N)c1cccc(C(C#N)OCC)c1C(C)C#N. The normalized spacial score (nSPS) is 14.2. The maximum absolute atomic E-state index is 9.33. The summed E-state index contributed by atoms with van der Waals surface area (Å²) in [5.74, 6) is -0.473. The van der Waals surface area contributed by atoms with Gasteiger partial charge in [-0.25, -0.2) is 0 Å². The number of rotatable bonds is 7. The van der Waals surface area contributed by atoms with Crippen molar-refractivity contribution in [3.8, 4) is 18.2 Å². The van der Waals surface area contributed by atoms with Crippen molar-refractivity contribution in [1.29, 1.82) is 15.8 Å². The van der Waals surface area contributed by atoms with Crippen LogP contribution in [0.1, 0.15) is 55.6 Å². The third kappa shape index (κ3) is 3.83. The van der Waals surface area contributed by atoms with E-state index in [0.29, 0.717) is 29.9 Å². The summed E-state index contributed by atoms with van der Waals surface area (Å²) in [5.41, 5.74) is 1.89. The van der Waals surface area contributed by atoms with Gasteiger partial charge in [-0.05, 0) is 37.5 Å². The molecule has 5 heteroatoms. The first-order chi connectivity index (χ1) is 10.6. The van der Waals surface area contributed by atoms with Gasteiger partial charge in [-0.2, -0.15) is 15.8 Å². The number of ether oxygens (including phenoxy) is 2. The Morgan fingerprint density at radius 3 is 1.68 bits per heavy atom. The van der Waals surface area contributed by atoms with Gasteiger partial charge in [-0.1, -0.05) is 18.2 Å². The number of hydrogen-bond donors (Lipinski definition) is 0. The Labute approximate surface area is 131 Å². The minimum absolute atomic E-state index is 0.385. The molecule has 114 valence electrons. The molecule has 0 saturated carbocycles. The lowest BCUT2D eigenvalue weighted by atomic mass is 9.87. The highest BCUT2D eigenvalue weighted by atomic mass is 16.5. The fraction of sp³-hybridized carbons (Fsp3) is 0.471. The van der Waals surface area contributed by atoms with Crippen LogP contribution in [-0.2, 0) is 9.47 Å². The highest BCUT2D eigenvalue weighted by Gasteiger charge is 2.25. The third-order valence-corrected chi connectivity index (χ3v) is 3.27. The second-order valence-corrected chi connectivity index (χ2v) is 4.63. The lowest BCUT2D eigenvalue weighted by molar-refractivity contribution is 0.0962. The summed E-state index contributed by atoms with van der Waals surface area (Å²) in [6, 6.07) is 11.6. The summed E-state index contributed by atoms with van der Waals surface area (Å²) in [6.45, 7) is 6.12. The minimum atomic E-state index is -0.767. The average Bonchev–Trinajstić information content (AvgIpc) is 2.56. The van der Waals surface area contributed by atoms with Gasteiger partial charge in [0.1, 0.15) is 0 Å². The van der Waals surface area contributed by atoms with Crippen LogP contribution in [0.2, 0.25) is 0 Å². The smallest absolute Gasteiger partial charge is 0.169 e. The lowest BCUT2D eigenvalue weighted by Gasteiger charge is -2.21. The van der Waals surface area contributed by atoms with E-state index in [2.05, 4.69) is 18.2 Å². The van der Waals surface area contributed by atoms with Gasteiger partial charge in [0.25, 0.3) is 0 Å². The molecule has 0 aliphatic carbocycles. The number of hydrogen-bond acceptors (Lipinski definition) is 5. The topological polar surface area (TPSA) is 89.8 Å². The predicted octanol–water partition coefficient (Wildman–Crippen LogP) is 3.52. The van der Waals surface area contributed by atoms with E-state index in [9.17, 15) is 15.8 Å². The largest absolute Gasteiger partial charge is 0.359 e. The average molecular weight is 297 g/mol. The Balaban J connectivity index is 3.50. The zero-order valence-corrected chi connectivity index (χ0v) is 13.0. The van der Waals surface area contributed by atoms with Crippen molar-refractivity contribution < 1.29 is 9.47 Å². The molecule has 5 nitrogen and oxygen atoms in total. The highest BCUT2D eigenvalue weighted by Crippen LogP contribution is 2.34. The van der Waals surface area contributed by atoms with Crippen LogP contribution in [0.4, 0.5) is 0 Å². The maximum Gasteiger partial charge on any atom is 0.169 e. The van der Waals surface area contributed by atoms with Crippen molar-refractivity contribution >= 4 is 0 Å². The van der Waals surface area contributed by atoms with Gasteiger partial charge in [0.05, 0.1) is 24.1 Å². The first-order valence-electron chi connectivity index (χ1n) is 7.19. The molecule has 22 heavy (non-hydrogen) atoms. The second kappa shape index (κ2) is 8.80. The third-order valence-electron chi connectivity index (χ3n) is 3.27. The van der Waals surface area contributed by atoms with E-state index in [-0.39, 0.29) is 0 Å². The van der Waals surface area contributed by atoms with Gasteiger partial charge < -0.3 is 9.47 Å². The highest BCUT2D eigenvalue weighted by molar-refractivity contribution is 5.45. The van der Waals surface area contributed by atoms with Gasteiger partial charge in [-0.3, -0.25) is 0 Å². The molecule has 0 aliphatic heterocycles. The van der Waals surface area contributed by atoms with E-state index in [1.165, 1.54) is 0 Å². The van der Waals surface area contributed by atoms with Crippen molar-refractivity contribution in [2.45, 2.75) is 38.9 Å². The van der Waals surface area contributed by atoms with Crippen LogP contribution < -0.4 is 0 Å². The molecule has 1 aromatic carbocycles. The van der Waals surface area contributed by atoms with Crippen LogP contribution in [0.3, 0.4) is 0 Å². The van der Waals surface area contributed by atoms with E-state index < -0.39 is 18.1 Å². The Hall–Kier alpha value is -2.39. The molecule has 0 radical (unpaired) electrons. The van der Waals surface area contributed by atoms with Crippen molar-refractivity contribution in [1.82, 2.24) is 0 Å². The van der Waals surface area contributed by atoms with Gasteiger partial charge in [0.2, 0.25) is 0 Å². The molecule has 0 aromatic heterocycles. The minimum Gasteiger partial charge on any atom is -0.359 e. The second-order valence-electron chi connectivity index (χ2n) is 4.63. The van der Waals surface area contributed by atoms with Gasteiger partial charge in [0, 0.05) is 13.2 Å². The van der Waals surface area contributed by atoms with Crippen molar-refractivity contribution in [2.24, 2.45) is 0 Å². The van der Waals surface area contributed by atoms with Crippen LogP contribution >= 0.6 is 0 Å². The van der Waals surface area contributed by atoms with Crippen molar-refractivity contribution in [2.75, 3.05) is 13.2 Å². The number of benzene rings is 1. The molecule has 0 aliphatic rings. The van der Waals surface area contributed by atoms with Gasteiger partial charge >= 0.3 is 0 Å². The van der Waals surface area contributed by atoms with Crippen LogP contribution in [-0.4, -0.2) is 13.2 Å². The fourth-order valence-corrected chi connectivity index (χ4v) is 2.35. The quantitative estimate of drug-likeness (QED) is 0.768.